The van der Waals surface area contributed by atoms with Crippen LogP contribution in [0.25, 0.3) is 6.08 Å². The van der Waals surface area contributed by atoms with Crippen molar-refractivity contribution < 1.29 is 4.79 Å². The third-order valence-electron chi connectivity index (χ3n) is 2.60. The molecule has 0 aromatic heterocycles. The summed E-state index contributed by atoms with van der Waals surface area (Å²) in [5, 5.41) is 0.686. The van der Waals surface area contributed by atoms with Crippen LogP contribution in [-0.4, -0.2) is 5.78 Å². The molecule has 0 spiro atoms. The van der Waals surface area contributed by atoms with Crippen molar-refractivity contribution >= 4 is 62.6 Å². The number of halogens is 4. The quantitative estimate of drug-likeness (QED) is 0.341. The Morgan fingerprint density at radius 2 is 1.60 bits per heavy atom. The van der Waals surface area contributed by atoms with Crippen molar-refractivity contribution in [2.24, 2.45) is 0 Å². The van der Waals surface area contributed by atoms with Gasteiger partial charge in [-0.2, -0.15) is 0 Å². The van der Waals surface area contributed by atoms with Gasteiger partial charge in [0.2, 0.25) is 0 Å². The van der Waals surface area contributed by atoms with E-state index in [4.69, 9.17) is 34.8 Å². The molecule has 0 saturated heterocycles. The molecule has 5 heteroatoms. The van der Waals surface area contributed by atoms with Crippen LogP contribution in [-0.2, 0) is 0 Å². The summed E-state index contributed by atoms with van der Waals surface area (Å²) in [4.78, 5) is 12.1. The highest BCUT2D eigenvalue weighted by atomic mass is 79.9. The smallest absolute Gasteiger partial charge is 0.187 e. The molecule has 0 aliphatic carbocycles. The van der Waals surface area contributed by atoms with Crippen LogP contribution in [0.3, 0.4) is 0 Å². The van der Waals surface area contributed by atoms with Gasteiger partial charge in [-0.3, -0.25) is 4.79 Å². The predicted molar refractivity (Wildman–Crippen MR) is 89.0 cm³/mol. The monoisotopic (exact) mass is 388 g/mol. The van der Waals surface area contributed by atoms with Crippen molar-refractivity contribution in [1.29, 1.82) is 0 Å². The van der Waals surface area contributed by atoms with E-state index in [1.54, 1.807) is 18.2 Å². The van der Waals surface area contributed by atoms with E-state index in [2.05, 4.69) is 15.9 Å². The summed E-state index contributed by atoms with van der Waals surface area (Å²) >= 11 is 21.1. The zero-order valence-electron chi connectivity index (χ0n) is 10.0. The average molecular weight is 390 g/mol. The maximum Gasteiger partial charge on any atom is 0.187 e. The lowest BCUT2D eigenvalue weighted by atomic mass is 10.1. The number of allylic oxidation sites excluding steroid dienone is 1. The molecule has 0 heterocycles. The number of hydrogen-bond donors (Lipinski definition) is 0. The first kappa shape index (κ1) is 15.6. The van der Waals surface area contributed by atoms with Crippen LogP contribution >= 0.6 is 50.7 Å². The Hall–Kier alpha value is -0.800. The van der Waals surface area contributed by atoms with Crippen molar-refractivity contribution in [2.45, 2.75) is 0 Å². The fourth-order valence-electron chi connectivity index (χ4n) is 1.55. The minimum absolute atomic E-state index is 0.171. The summed E-state index contributed by atoms with van der Waals surface area (Å²) in [7, 11) is 0. The molecule has 2 aromatic rings. The number of carbonyl (C=O) groups excluding carboxylic acids is 1. The van der Waals surface area contributed by atoms with Gasteiger partial charge in [0, 0.05) is 10.0 Å². The fourth-order valence-corrected chi connectivity index (χ4v) is 2.44. The fraction of sp³-hybridized carbons (Fsp3) is 0. The van der Waals surface area contributed by atoms with Gasteiger partial charge >= 0.3 is 0 Å². The van der Waals surface area contributed by atoms with Gasteiger partial charge in [-0.1, -0.05) is 68.9 Å². The SMILES string of the molecule is O=C(/C=C/c1ccc(Br)cc1)c1ccc(Cl)c(Cl)c1Cl. The van der Waals surface area contributed by atoms with Gasteiger partial charge in [-0.15, -0.1) is 0 Å². The highest BCUT2D eigenvalue weighted by Crippen LogP contribution is 2.33. The van der Waals surface area contributed by atoms with E-state index < -0.39 is 0 Å². The first-order valence-corrected chi connectivity index (χ1v) is 7.53. The molecule has 0 aliphatic heterocycles. The van der Waals surface area contributed by atoms with E-state index in [0.717, 1.165) is 10.0 Å². The zero-order chi connectivity index (χ0) is 14.7. The summed E-state index contributed by atoms with van der Waals surface area (Å²) in [6, 6.07) is 10.7. The minimum atomic E-state index is -0.225. The standard InChI is InChI=1S/C15H8BrCl3O/c16-10-4-1-9(2-5-10)3-8-13(20)11-6-7-12(17)15(19)14(11)18/h1-8H/b8-3+. The van der Waals surface area contributed by atoms with E-state index >= 15 is 0 Å². The van der Waals surface area contributed by atoms with Crippen LogP contribution in [0.5, 0.6) is 0 Å². The van der Waals surface area contributed by atoms with Gasteiger partial charge in [0.05, 0.1) is 15.1 Å². The molecule has 0 bridgehead atoms. The predicted octanol–water partition coefficient (Wildman–Crippen LogP) is 6.31. The molecule has 0 radical (unpaired) electrons. The maximum atomic E-state index is 12.1. The highest BCUT2D eigenvalue weighted by molar-refractivity contribution is 9.10. The lowest BCUT2D eigenvalue weighted by Gasteiger charge is -2.03. The number of ketones is 1. The molecule has 0 fully saturated rings. The second kappa shape index (κ2) is 6.77. The Balaban J connectivity index is 2.24. The average Bonchev–Trinajstić information content (AvgIpc) is 2.44. The van der Waals surface area contributed by atoms with Crippen LogP contribution in [0, 0.1) is 0 Å². The van der Waals surface area contributed by atoms with Gasteiger partial charge in [-0.25, -0.2) is 0 Å². The van der Waals surface area contributed by atoms with Crippen LogP contribution in [0.4, 0.5) is 0 Å². The molecule has 0 saturated carbocycles. The second-order valence-electron chi connectivity index (χ2n) is 3.97. The highest BCUT2D eigenvalue weighted by Gasteiger charge is 2.12. The third-order valence-corrected chi connectivity index (χ3v) is 4.42. The lowest BCUT2D eigenvalue weighted by Crippen LogP contribution is -1.96. The molecule has 0 unspecified atom stereocenters. The summed E-state index contributed by atoms with van der Waals surface area (Å²) in [5.74, 6) is -0.225. The van der Waals surface area contributed by atoms with E-state index in [1.165, 1.54) is 6.08 Å². The normalized spacial score (nSPS) is 11.0. The van der Waals surface area contributed by atoms with Crippen molar-refractivity contribution in [3.63, 3.8) is 0 Å². The van der Waals surface area contributed by atoms with E-state index in [9.17, 15) is 4.79 Å². The molecule has 2 aromatic carbocycles. The van der Waals surface area contributed by atoms with E-state index in [1.807, 2.05) is 24.3 Å². The van der Waals surface area contributed by atoms with E-state index in [-0.39, 0.29) is 15.8 Å². The van der Waals surface area contributed by atoms with Crippen LogP contribution in [0.2, 0.25) is 15.1 Å². The first-order chi connectivity index (χ1) is 9.49. The summed E-state index contributed by atoms with van der Waals surface area (Å²) < 4.78 is 0.980. The first-order valence-electron chi connectivity index (χ1n) is 5.60. The van der Waals surface area contributed by atoms with Gasteiger partial charge in [0.25, 0.3) is 0 Å². The number of benzene rings is 2. The molecular weight excluding hydrogens is 382 g/mol. The number of rotatable bonds is 3. The Morgan fingerprint density at radius 3 is 2.25 bits per heavy atom. The minimum Gasteiger partial charge on any atom is -0.289 e. The molecular formula is C15H8BrCl3O. The molecule has 0 aliphatic rings. The van der Waals surface area contributed by atoms with Crippen molar-refractivity contribution in [1.82, 2.24) is 0 Å². The molecule has 1 nitrogen and oxygen atoms in total. The third kappa shape index (κ3) is 3.64. The Labute approximate surface area is 140 Å². The largest absolute Gasteiger partial charge is 0.289 e. The Morgan fingerprint density at radius 1 is 0.950 bits per heavy atom. The molecule has 0 amide bonds. The Kier molecular flexibility index (Phi) is 5.28. The van der Waals surface area contributed by atoms with E-state index in [0.29, 0.717) is 10.6 Å². The molecule has 20 heavy (non-hydrogen) atoms. The van der Waals surface area contributed by atoms with Gasteiger partial charge < -0.3 is 0 Å². The van der Waals surface area contributed by atoms with Crippen molar-refractivity contribution in [2.75, 3.05) is 0 Å². The van der Waals surface area contributed by atoms with Crippen LogP contribution in [0.1, 0.15) is 15.9 Å². The molecule has 0 atom stereocenters. The second-order valence-corrected chi connectivity index (χ2v) is 6.05. The Bertz CT molecular complexity index is 678. The maximum absolute atomic E-state index is 12.1. The van der Waals surface area contributed by atoms with Crippen molar-refractivity contribution in [3.8, 4) is 0 Å². The molecule has 0 N–H and O–H groups in total. The van der Waals surface area contributed by atoms with Gasteiger partial charge in [-0.05, 0) is 35.9 Å². The number of carbonyl (C=O) groups is 1. The summed E-state index contributed by atoms with van der Waals surface area (Å²) in [6.07, 6.45) is 3.17. The zero-order valence-corrected chi connectivity index (χ0v) is 13.9. The molecule has 2 rings (SSSR count). The van der Waals surface area contributed by atoms with Crippen LogP contribution in [0.15, 0.2) is 46.9 Å². The summed E-state index contributed by atoms with van der Waals surface area (Å²) in [6.45, 7) is 0. The molecule has 102 valence electrons. The summed E-state index contributed by atoms with van der Waals surface area (Å²) in [5.41, 5.74) is 1.24. The van der Waals surface area contributed by atoms with Gasteiger partial charge in [0.15, 0.2) is 5.78 Å². The topological polar surface area (TPSA) is 17.1 Å². The number of hydrogen-bond acceptors (Lipinski definition) is 1. The van der Waals surface area contributed by atoms with Crippen molar-refractivity contribution in [3.05, 3.63) is 73.1 Å². The lowest BCUT2D eigenvalue weighted by molar-refractivity contribution is 0.104. The van der Waals surface area contributed by atoms with Crippen LogP contribution < -0.4 is 0 Å². The van der Waals surface area contributed by atoms with Gasteiger partial charge in [0.1, 0.15) is 0 Å².